The third-order valence-electron chi connectivity index (χ3n) is 16.1. The maximum Gasteiger partial charge on any atom is 0.305 e. The topological polar surface area (TPSA) is 95.9 Å². The molecular formula is C68H133NO5. The van der Waals surface area contributed by atoms with E-state index in [1.54, 1.807) is 6.08 Å². The summed E-state index contributed by atoms with van der Waals surface area (Å²) in [5.41, 5.74) is 0. The van der Waals surface area contributed by atoms with Crippen molar-refractivity contribution in [1.82, 2.24) is 5.32 Å². The molecule has 0 radical (unpaired) electrons. The number of aliphatic hydroxyl groups excluding tert-OH is 2. The fourth-order valence-corrected chi connectivity index (χ4v) is 10.9. The van der Waals surface area contributed by atoms with Crippen molar-refractivity contribution in [3.63, 3.8) is 0 Å². The number of carbonyl (C=O) groups is 2. The highest BCUT2D eigenvalue weighted by molar-refractivity contribution is 5.76. The molecule has 1 amide bonds. The van der Waals surface area contributed by atoms with E-state index in [4.69, 9.17) is 4.74 Å². The summed E-state index contributed by atoms with van der Waals surface area (Å²) >= 11 is 0. The molecule has 3 N–H and O–H groups in total. The SMILES string of the molecule is CCCCCCCCCCCCCC/C=C/C(O)C(CO)NC(=O)CCCCCCCCCCCCCCCCCCCCCCCCCCCCCCOC(=O)CCCCCCCCCCCCCCCCC. The van der Waals surface area contributed by atoms with Crippen LogP contribution in [-0.2, 0) is 14.3 Å². The van der Waals surface area contributed by atoms with Crippen LogP contribution in [0.1, 0.15) is 386 Å². The van der Waals surface area contributed by atoms with Gasteiger partial charge in [0.25, 0.3) is 0 Å². The first-order chi connectivity index (χ1) is 36.5. The normalized spacial score (nSPS) is 12.5. The Morgan fingerprint density at radius 2 is 0.622 bits per heavy atom. The molecular weight excluding hydrogens is 911 g/mol. The maximum atomic E-state index is 12.5. The molecule has 0 rings (SSSR count). The van der Waals surface area contributed by atoms with Crippen molar-refractivity contribution < 1.29 is 24.5 Å². The third kappa shape index (κ3) is 59.8. The van der Waals surface area contributed by atoms with Gasteiger partial charge in [-0.25, -0.2) is 0 Å². The number of esters is 1. The van der Waals surface area contributed by atoms with E-state index < -0.39 is 12.1 Å². The minimum atomic E-state index is -0.841. The number of carbonyl (C=O) groups excluding carboxylic acids is 2. The highest BCUT2D eigenvalue weighted by Gasteiger charge is 2.18. The fourth-order valence-electron chi connectivity index (χ4n) is 10.9. The van der Waals surface area contributed by atoms with Crippen molar-refractivity contribution in [3.8, 4) is 0 Å². The van der Waals surface area contributed by atoms with Gasteiger partial charge in [-0.15, -0.1) is 0 Å². The largest absolute Gasteiger partial charge is 0.466 e. The second-order valence-electron chi connectivity index (χ2n) is 23.5. The molecule has 0 bridgehead atoms. The summed E-state index contributed by atoms with van der Waals surface area (Å²) in [5, 5.41) is 23.1. The molecule has 2 atom stereocenters. The molecule has 0 heterocycles. The smallest absolute Gasteiger partial charge is 0.305 e. The average molecular weight is 1040 g/mol. The van der Waals surface area contributed by atoms with Gasteiger partial charge in [0.1, 0.15) is 0 Å². The number of aliphatic hydroxyl groups is 2. The first kappa shape index (κ1) is 72.6. The first-order valence-corrected chi connectivity index (χ1v) is 34.0. The second kappa shape index (κ2) is 64.1. The Bertz CT molecular complexity index is 1110. The zero-order valence-electron chi connectivity index (χ0n) is 50.4. The summed E-state index contributed by atoms with van der Waals surface area (Å²) in [6, 6.07) is -0.624. The number of allylic oxidation sites excluding steroid dienone is 1. The van der Waals surface area contributed by atoms with Gasteiger partial charge < -0.3 is 20.3 Å². The Morgan fingerprint density at radius 3 is 0.919 bits per heavy atom. The Balaban J connectivity index is 3.33. The van der Waals surface area contributed by atoms with Gasteiger partial charge in [0.2, 0.25) is 5.91 Å². The summed E-state index contributed by atoms with van der Waals surface area (Å²) in [6.07, 6.45) is 78.6. The summed E-state index contributed by atoms with van der Waals surface area (Å²) in [6.45, 7) is 4.94. The number of rotatable bonds is 64. The Kier molecular flexibility index (Phi) is 62.9. The molecule has 74 heavy (non-hydrogen) atoms. The van der Waals surface area contributed by atoms with E-state index in [0.717, 1.165) is 38.5 Å². The van der Waals surface area contributed by atoms with E-state index in [-0.39, 0.29) is 18.5 Å². The van der Waals surface area contributed by atoms with Crippen LogP contribution in [0.2, 0.25) is 0 Å². The lowest BCUT2D eigenvalue weighted by molar-refractivity contribution is -0.143. The van der Waals surface area contributed by atoms with E-state index in [9.17, 15) is 19.8 Å². The minimum Gasteiger partial charge on any atom is -0.466 e. The van der Waals surface area contributed by atoms with Crippen LogP contribution in [0.5, 0.6) is 0 Å². The third-order valence-corrected chi connectivity index (χ3v) is 16.1. The van der Waals surface area contributed by atoms with Crippen molar-refractivity contribution in [3.05, 3.63) is 12.2 Å². The molecule has 0 saturated heterocycles. The van der Waals surface area contributed by atoms with Gasteiger partial charge >= 0.3 is 5.97 Å². The van der Waals surface area contributed by atoms with Crippen LogP contribution in [0.25, 0.3) is 0 Å². The zero-order chi connectivity index (χ0) is 53.6. The Labute approximate surface area is 463 Å². The first-order valence-electron chi connectivity index (χ1n) is 34.0. The van der Waals surface area contributed by atoms with Gasteiger partial charge in [0.05, 0.1) is 25.4 Å². The lowest BCUT2D eigenvalue weighted by atomic mass is 10.0. The van der Waals surface area contributed by atoms with E-state index in [1.165, 1.54) is 321 Å². The highest BCUT2D eigenvalue weighted by atomic mass is 16.5. The molecule has 0 aromatic carbocycles. The number of hydrogen-bond acceptors (Lipinski definition) is 5. The molecule has 2 unspecified atom stereocenters. The number of amides is 1. The van der Waals surface area contributed by atoms with Crippen LogP contribution in [0.3, 0.4) is 0 Å². The van der Waals surface area contributed by atoms with Gasteiger partial charge in [-0.2, -0.15) is 0 Å². The number of ether oxygens (including phenoxy) is 1. The quantitative estimate of drug-likeness (QED) is 0.0320. The van der Waals surface area contributed by atoms with Gasteiger partial charge in [0.15, 0.2) is 0 Å². The molecule has 0 aromatic rings. The van der Waals surface area contributed by atoms with E-state index >= 15 is 0 Å². The van der Waals surface area contributed by atoms with E-state index in [0.29, 0.717) is 19.4 Å². The molecule has 0 spiro atoms. The predicted octanol–water partition coefficient (Wildman–Crippen LogP) is 21.6. The molecule has 440 valence electrons. The number of nitrogens with one attached hydrogen (secondary N) is 1. The molecule has 0 aliphatic rings. The molecule has 6 heteroatoms. The summed E-state index contributed by atoms with van der Waals surface area (Å²) in [5.74, 6) is -0.0404. The van der Waals surface area contributed by atoms with Gasteiger partial charge in [-0.05, 0) is 32.1 Å². The van der Waals surface area contributed by atoms with E-state index in [2.05, 4.69) is 19.2 Å². The lowest BCUT2D eigenvalue weighted by Gasteiger charge is -2.20. The molecule has 0 aliphatic heterocycles. The van der Waals surface area contributed by atoms with Gasteiger partial charge in [-0.3, -0.25) is 9.59 Å². The van der Waals surface area contributed by atoms with Gasteiger partial charge in [-0.1, -0.05) is 353 Å². The van der Waals surface area contributed by atoms with Crippen molar-refractivity contribution in [1.29, 1.82) is 0 Å². The van der Waals surface area contributed by atoms with Crippen LogP contribution >= 0.6 is 0 Å². The fraction of sp³-hybridized carbons (Fsp3) is 0.941. The maximum absolute atomic E-state index is 12.5. The van der Waals surface area contributed by atoms with Crippen LogP contribution in [0.4, 0.5) is 0 Å². The monoisotopic (exact) mass is 1040 g/mol. The van der Waals surface area contributed by atoms with Crippen molar-refractivity contribution in [2.75, 3.05) is 13.2 Å². The highest BCUT2D eigenvalue weighted by Crippen LogP contribution is 2.19. The van der Waals surface area contributed by atoms with Crippen molar-refractivity contribution in [2.45, 2.75) is 398 Å². The lowest BCUT2D eigenvalue weighted by Crippen LogP contribution is -2.45. The van der Waals surface area contributed by atoms with Crippen LogP contribution in [0.15, 0.2) is 12.2 Å². The Morgan fingerprint density at radius 1 is 0.365 bits per heavy atom. The Hall–Kier alpha value is -1.40. The summed E-state index contributed by atoms with van der Waals surface area (Å²) in [7, 11) is 0. The van der Waals surface area contributed by atoms with Gasteiger partial charge in [0, 0.05) is 12.8 Å². The second-order valence-corrected chi connectivity index (χ2v) is 23.5. The average Bonchev–Trinajstić information content (AvgIpc) is 3.40. The zero-order valence-corrected chi connectivity index (χ0v) is 50.4. The van der Waals surface area contributed by atoms with Crippen LogP contribution < -0.4 is 5.32 Å². The molecule has 0 aliphatic carbocycles. The standard InChI is InChI=1S/C68H133NO5/c1-3-5-7-9-11-13-15-17-33-38-42-46-50-54-58-62-68(73)74-63-59-55-51-47-43-39-35-32-30-28-26-24-22-20-19-21-23-25-27-29-31-34-37-41-45-49-53-57-61-67(72)69-65(64-70)66(71)60-56-52-48-44-40-36-18-16-14-12-10-8-6-4-2/h56,60,65-66,70-71H,3-55,57-59,61-64H2,1-2H3,(H,69,72)/b60-56+. The van der Waals surface area contributed by atoms with Crippen molar-refractivity contribution >= 4 is 11.9 Å². The van der Waals surface area contributed by atoms with Crippen LogP contribution in [0, 0.1) is 0 Å². The number of hydrogen-bond donors (Lipinski definition) is 3. The minimum absolute atomic E-state index is 0.0221. The summed E-state index contributed by atoms with van der Waals surface area (Å²) in [4.78, 5) is 24.5. The summed E-state index contributed by atoms with van der Waals surface area (Å²) < 4.78 is 5.50. The molecule has 0 saturated carbocycles. The van der Waals surface area contributed by atoms with E-state index in [1.807, 2.05) is 6.08 Å². The molecule has 6 nitrogen and oxygen atoms in total. The van der Waals surface area contributed by atoms with Crippen molar-refractivity contribution in [2.24, 2.45) is 0 Å². The predicted molar refractivity (Wildman–Crippen MR) is 324 cm³/mol. The molecule has 0 fully saturated rings. The number of unbranched alkanes of at least 4 members (excludes halogenated alkanes) is 53. The van der Waals surface area contributed by atoms with Crippen LogP contribution in [-0.4, -0.2) is 47.4 Å². The molecule has 0 aromatic heterocycles.